The molecule has 2 heterocycles. The molecule has 0 aromatic heterocycles. The van der Waals surface area contributed by atoms with Gasteiger partial charge in [0.1, 0.15) is 0 Å². The van der Waals surface area contributed by atoms with Gasteiger partial charge < -0.3 is 4.90 Å². The van der Waals surface area contributed by atoms with E-state index in [0.29, 0.717) is 19.0 Å². The Morgan fingerprint density at radius 1 is 1.16 bits per heavy atom. The first-order valence-corrected chi connectivity index (χ1v) is 8.93. The molecule has 2 atom stereocenters. The fourth-order valence-electron chi connectivity index (χ4n) is 3.03. The first-order valence-electron chi connectivity index (χ1n) is 7.00. The zero-order valence-electron chi connectivity index (χ0n) is 11.8. The van der Waals surface area contributed by atoms with E-state index >= 15 is 0 Å². The molecule has 2 saturated heterocycles. The van der Waals surface area contributed by atoms with Crippen LogP contribution in [0.5, 0.6) is 0 Å². The third-order valence-corrected chi connectivity index (χ3v) is 6.68. The lowest BCUT2D eigenvalue weighted by Gasteiger charge is -2.42. The third-order valence-electron chi connectivity index (χ3n) is 4.11. The van der Waals surface area contributed by atoms with Crippen molar-refractivity contribution in [2.24, 2.45) is 0 Å². The van der Waals surface area contributed by atoms with E-state index < -0.39 is 10.2 Å². The van der Waals surface area contributed by atoms with Gasteiger partial charge in [0.2, 0.25) is 0 Å². The minimum absolute atomic E-state index is 0.0293. The average molecular weight is 310 g/mol. The number of piperazine rings is 1. The summed E-state index contributed by atoms with van der Waals surface area (Å²) in [6, 6.07) is -0.00563. The normalized spacial score (nSPS) is 32.6. The lowest BCUT2D eigenvalue weighted by atomic mass is 10.1. The van der Waals surface area contributed by atoms with Crippen LogP contribution in [0.4, 0.5) is 0 Å². The van der Waals surface area contributed by atoms with Gasteiger partial charge in [-0.05, 0) is 26.8 Å². The zero-order valence-corrected chi connectivity index (χ0v) is 13.3. The Hall–Kier alpha value is 0.120. The molecule has 2 unspecified atom stereocenters. The molecule has 0 saturated carbocycles. The molecule has 2 rings (SSSR count). The molecule has 0 N–H and O–H groups in total. The smallest absolute Gasteiger partial charge is 0.282 e. The number of hydrogen-bond donors (Lipinski definition) is 0. The molecule has 112 valence electrons. The number of piperidine rings is 1. The summed E-state index contributed by atoms with van der Waals surface area (Å²) >= 11 is 5.95. The molecule has 0 radical (unpaired) electrons. The highest BCUT2D eigenvalue weighted by Crippen LogP contribution is 2.25. The molecule has 5 nitrogen and oxygen atoms in total. The summed E-state index contributed by atoms with van der Waals surface area (Å²) in [4.78, 5) is 2.17. The van der Waals surface area contributed by atoms with Gasteiger partial charge in [0, 0.05) is 44.1 Å². The van der Waals surface area contributed by atoms with Crippen LogP contribution in [0.15, 0.2) is 0 Å². The van der Waals surface area contributed by atoms with E-state index in [9.17, 15) is 8.42 Å². The summed E-state index contributed by atoms with van der Waals surface area (Å²) in [5, 5.41) is 0. The standard InChI is InChI=1S/C12H24ClN3O2S/c1-11-10-14(2)7-8-15(11)19(17,18)16-6-4-3-5-12(16)9-13/h11-12H,3-10H2,1-2H3. The van der Waals surface area contributed by atoms with Crippen molar-refractivity contribution in [3.05, 3.63) is 0 Å². The highest BCUT2D eigenvalue weighted by molar-refractivity contribution is 7.86. The predicted octanol–water partition coefficient (Wildman–Crippen LogP) is 0.960. The maximum Gasteiger partial charge on any atom is 0.282 e. The maximum atomic E-state index is 12.8. The molecule has 0 spiro atoms. The molecular formula is C12H24ClN3O2S. The van der Waals surface area contributed by atoms with Gasteiger partial charge in [-0.1, -0.05) is 6.42 Å². The van der Waals surface area contributed by atoms with Crippen molar-refractivity contribution in [1.29, 1.82) is 0 Å². The van der Waals surface area contributed by atoms with Gasteiger partial charge in [-0.2, -0.15) is 17.0 Å². The summed E-state index contributed by atoms with van der Waals surface area (Å²) < 4.78 is 28.9. The topological polar surface area (TPSA) is 43.9 Å². The van der Waals surface area contributed by atoms with Crippen LogP contribution in [-0.2, 0) is 10.2 Å². The minimum Gasteiger partial charge on any atom is -0.303 e. The minimum atomic E-state index is -3.36. The number of alkyl halides is 1. The number of hydrogen-bond acceptors (Lipinski definition) is 3. The van der Waals surface area contributed by atoms with Gasteiger partial charge in [0.25, 0.3) is 10.2 Å². The van der Waals surface area contributed by atoms with E-state index in [4.69, 9.17) is 11.6 Å². The van der Waals surface area contributed by atoms with Crippen LogP contribution in [-0.4, -0.2) is 73.1 Å². The molecule has 0 bridgehead atoms. The largest absolute Gasteiger partial charge is 0.303 e. The monoisotopic (exact) mass is 309 g/mol. The summed E-state index contributed by atoms with van der Waals surface area (Å²) in [5.74, 6) is 0.390. The van der Waals surface area contributed by atoms with Crippen molar-refractivity contribution in [3.63, 3.8) is 0 Å². The second-order valence-corrected chi connectivity index (χ2v) is 7.79. The van der Waals surface area contributed by atoms with Crippen LogP contribution in [0, 0.1) is 0 Å². The SMILES string of the molecule is CC1CN(C)CCN1S(=O)(=O)N1CCCCC1CCl. The van der Waals surface area contributed by atoms with Gasteiger partial charge >= 0.3 is 0 Å². The zero-order chi connectivity index (χ0) is 14.0. The van der Waals surface area contributed by atoms with Crippen molar-refractivity contribution in [2.75, 3.05) is 39.1 Å². The lowest BCUT2D eigenvalue weighted by Crippen LogP contribution is -2.59. The summed E-state index contributed by atoms with van der Waals surface area (Å²) in [5.41, 5.74) is 0. The van der Waals surface area contributed by atoms with Gasteiger partial charge in [0.15, 0.2) is 0 Å². The van der Waals surface area contributed by atoms with E-state index in [-0.39, 0.29) is 12.1 Å². The Morgan fingerprint density at radius 3 is 2.53 bits per heavy atom. The summed E-state index contributed by atoms with van der Waals surface area (Å²) in [6.07, 6.45) is 2.89. The number of rotatable bonds is 3. The fourth-order valence-corrected chi connectivity index (χ4v) is 5.46. The number of likely N-dealkylation sites (N-methyl/N-ethyl adjacent to an activating group) is 1. The molecule has 0 amide bonds. The second kappa shape index (κ2) is 6.26. The van der Waals surface area contributed by atoms with Crippen LogP contribution < -0.4 is 0 Å². The molecule has 0 aromatic rings. The Kier molecular flexibility index (Phi) is 5.11. The molecule has 2 fully saturated rings. The summed E-state index contributed by atoms with van der Waals surface area (Å²) in [6.45, 7) is 4.75. The van der Waals surface area contributed by atoms with Crippen LogP contribution >= 0.6 is 11.6 Å². The molecule has 7 heteroatoms. The first-order chi connectivity index (χ1) is 8.96. The van der Waals surface area contributed by atoms with Crippen molar-refractivity contribution in [1.82, 2.24) is 13.5 Å². The predicted molar refractivity (Wildman–Crippen MR) is 77.6 cm³/mol. The van der Waals surface area contributed by atoms with Crippen LogP contribution in [0.1, 0.15) is 26.2 Å². The van der Waals surface area contributed by atoms with Crippen molar-refractivity contribution < 1.29 is 8.42 Å². The van der Waals surface area contributed by atoms with Gasteiger partial charge in [-0.3, -0.25) is 0 Å². The lowest BCUT2D eigenvalue weighted by molar-refractivity contribution is 0.153. The Balaban J connectivity index is 2.16. The van der Waals surface area contributed by atoms with Crippen molar-refractivity contribution >= 4 is 21.8 Å². The van der Waals surface area contributed by atoms with Crippen LogP contribution in [0.2, 0.25) is 0 Å². The van der Waals surface area contributed by atoms with Crippen LogP contribution in [0.25, 0.3) is 0 Å². The van der Waals surface area contributed by atoms with Gasteiger partial charge in [-0.25, -0.2) is 0 Å². The molecular weight excluding hydrogens is 286 g/mol. The molecule has 2 aliphatic heterocycles. The highest BCUT2D eigenvalue weighted by Gasteiger charge is 2.39. The fraction of sp³-hybridized carbons (Fsp3) is 1.00. The average Bonchev–Trinajstić information content (AvgIpc) is 2.38. The van der Waals surface area contributed by atoms with E-state index in [2.05, 4.69) is 4.90 Å². The van der Waals surface area contributed by atoms with Gasteiger partial charge in [-0.15, -0.1) is 11.6 Å². The van der Waals surface area contributed by atoms with Crippen LogP contribution in [0.3, 0.4) is 0 Å². The van der Waals surface area contributed by atoms with E-state index in [1.807, 2.05) is 14.0 Å². The third kappa shape index (κ3) is 3.24. The maximum absolute atomic E-state index is 12.8. The quantitative estimate of drug-likeness (QED) is 0.730. The first kappa shape index (κ1) is 15.5. The van der Waals surface area contributed by atoms with Crippen molar-refractivity contribution in [2.45, 2.75) is 38.3 Å². The van der Waals surface area contributed by atoms with Gasteiger partial charge in [0.05, 0.1) is 0 Å². The van der Waals surface area contributed by atoms with E-state index in [0.717, 1.165) is 32.4 Å². The summed E-state index contributed by atoms with van der Waals surface area (Å²) in [7, 11) is -1.33. The van der Waals surface area contributed by atoms with E-state index in [1.54, 1.807) is 8.61 Å². The Labute approximate surface area is 121 Å². The molecule has 19 heavy (non-hydrogen) atoms. The molecule has 0 aromatic carbocycles. The number of halogens is 1. The Morgan fingerprint density at radius 2 is 1.89 bits per heavy atom. The van der Waals surface area contributed by atoms with Crippen molar-refractivity contribution in [3.8, 4) is 0 Å². The number of nitrogens with zero attached hydrogens (tertiary/aromatic N) is 3. The Bertz CT molecular complexity index is 404. The van der Waals surface area contributed by atoms with E-state index in [1.165, 1.54) is 0 Å². The molecule has 2 aliphatic rings. The highest BCUT2D eigenvalue weighted by atomic mass is 35.5. The molecule has 0 aliphatic carbocycles. The second-order valence-electron chi connectivity index (χ2n) is 5.64.